The molecular formula is C21H22Cl2N4O2S. The highest BCUT2D eigenvalue weighted by molar-refractivity contribution is 7.20. The molecule has 9 heteroatoms. The van der Waals surface area contributed by atoms with Gasteiger partial charge in [0.05, 0.1) is 17.1 Å². The van der Waals surface area contributed by atoms with Gasteiger partial charge in [0, 0.05) is 41.5 Å². The number of carbonyl (C=O) groups is 2. The Bertz CT molecular complexity index is 1120. The van der Waals surface area contributed by atoms with Crippen molar-refractivity contribution in [3.8, 4) is 0 Å². The fourth-order valence-corrected chi connectivity index (χ4v) is 5.40. The Balaban J connectivity index is 1.53. The third-order valence-electron chi connectivity index (χ3n) is 5.34. The van der Waals surface area contributed by atoms with Crippen molar-refractivity contribution in [3.05, 3.63) is 50.4 Å². The van der Waals surface area contributed by atoms with E-state index < -0.39 is 0 Å². The van der Waals surface area contributed by atoms with E-state index in [0.717, 1.165) is 34.3 Å². The molecule has 2 aromatic heterocycles. The average Bonchev–Trinajstić information content (AvgIpc) is 3.25. The number of amides is 2. The predicted molar refractivity (Wildman–Crippen MR) is 121 cm³/mol. The number of nitrogens with one attached hydrogen (secondary N) is 1. The van der Waals surface area contributed by atoms with Crippen molar-refractivity contribution in [1.82, 2.24) is 20.0 Å². The van der Waals surface area contributed by atoms with Crippen molar-refractivity contribution in [2.45, 2.75) is 39.3 Å². The number of carbonyl (C=O) groups excluding carboxylic acids is 2. The van der Waals surface area contributed by atoms with Crippen molar-refractivity contribution in [3.63, 3.8) is 0 Å². The molecule has 3 aromatic rings. The predicted octanol–water partition coefficient (Wildman–Crippen LogP) is 4.50. The lowest BCUT2D eigenvalue weighted by atomic mass is 10.0. The number of halogens is 2. The van der Waals surface area contributed by atoms with Gasteiger partial charge in [0.1, 0.15) is 4.83 Å². The first-order chi connectivity index (χ1) is 14.3. The smallest absolute Gasteiger partial charge is 0.264 e. The highest BCUT2D eigenvalue weighted by atomic mass is 35.5. The molecule has 0 spiro atoms. The Morgan fingerprint density at radius 3 is 2.63 bits per heavy atom. The maximum Gasteiger partial charge on any atom is 0.264 e. The van der Waals surface area contributed by atoms with Crippen LogP contribution in [0.4, 0.5) is 0 Å². The normalized spacial score (nSPS) is 15.0. The van der Waals surface area contributed by atoms with E-state index >= 15 is 0 Å². The summed E-state index contributed by atoms with van der Waals surface area (Å²) in [4.78, 5) is 27.8. The Morgan fingerprint density at radius 1 is 1.23 bits per heavy atom. The van der Waals surface area contributed by atoms with Crippen LogP contribution >= 0.6 is 34.5 Å². The molecule has 1 aromatic carbocycles. The van der Waals surface area contributed by atoms with E-state index in [0.29, 0.717) is 34.6 Å². The number of thiophene rings is 1. The van der Waals surface area contributed by atoms with E-state index in [2.05, 4.69) is 10.4 Å². The summed E-state index contributed by atoms with van der Waals surface area (Å²) in [6.45, 7) is 5.27. The number of benzene rings is 1. The number of nitrogens with zero attached hydrogens (tertiary/aromatic N) is 3. The SMILES string of the molecule is CC(=O)NC1CCN(C(=O)c2cc3c(C)nn(Cc4ccc(Cl)cc4Cl)c3s2)CC1. The number of hydrogen-bond donors (Lipinski definition) is 1. The van der Waals surface area contributed by atoms with Crippen LogP contribution in [0.2, 0.25) is 10.0 Å². The third kappa shape index (κ3) is 4.33. The quantitative estimate of drug-likeness (QED) is 0.617. The number of aryl methyl sites for hydroxylation is 1. The van der Waals surface area contributed by atoms with Crippen molar-refractivity contribution < 1.29 is 9.59 Å². The molecule has 1 aliphatic heterocycles. The zero-order chi connectivity index (χ0) is 21.4. The summed E-state index contributed by atoms with van der Waals surface area (Å²) >= 11 is 13.8. The van der Waals surface area contributed by atoms with Crippen molar-refractivity contribution in [2.24, 2.45) is 0 Å². The molecule has 158 valence electrons. The second-order valence-corrected chi connectivity index (χ2v) is 9.45. The van der Waals surface area contributed by atoms with Gasteiger partial charge in [0.25, 0.3) is 5.91 Å². The summed E-state index contributed by atoms with van der Waals surface area (Å²) in [6.07, 6.45) is 1.55. The first-order valence-electron chi connectivity index (χ1n) is 9.79. The molecule has 6 nitrogen and oxygen atoms in total. The number of likely N-dealkylation sites (tertiary alicyclic amines) is 1. The summed E-state index contributed by atoms with van der Waals surface area (Å²) in [5.74, 6) is 0.0121. The number of hydrogen-bond acceptors (Lipinski definition) is 4. The highest BCUT2D eigenvalue weighted by Crippen LogP contribution is 2.31. The molecule has 0 atom stereocenters. The van der Waals surface area contributed by atoms with Gasteiger partial charge in [-0.1, -0.05) is 29.3 Å². The molecule has 1 saturated heterocycles. The first kappa shape index (κ1) is 21.2. The largest absolute Gasteiger partial charge is 0.353 e. The molecular weight excluding hydrogens is 443 g/mol. The van der Waals surface area contributed by atoms with Gasteiger partial charge in [0.2, 0.25) is 5.91 Å². The van der Waals surface area contributed by atoms with Gasteiger partial charge in [0.15, 0.2) is 0 Å². The molecule has 0 radical (unpaired) electrons. The van der Waals surface area contributed by atoms with Gasteiger partial charge >= 0.3 is 0 Å². The maximum atomic E-state index is 13.1. The average molecular weight is 465 g/mol. The van der Waals surface area contributed by atoms with Crippen LogP contribution in [0.15, 0.2) is 24.3 Å². The molecule has 0 bridgehead atoms. The summed E-state index contributed by atoms with van der Waals surface area (Å²) in [5.41, 5.74) is 1.81. The van der Waals surface area contributed by atoms with Crippen LogP contribution in [-0.4, -0.2) is 45.6 Å². The Kier molecular flexibility index (Phi) is 6.04. The van der Waals surface area contributed by atoms with Gasteiger partial charge in [-0.3, -0.25) is 14.3 Å². The van der Waals surface area contributed by atoms with E-state index in [4.69, 9.17) is 23.2 Å². The lowest BCUT2D eigenvalue weighted by Crippen LogP contribution is -2.45. The minimum atomic E-state index is -0.0231. The van der Waals surface area contributed by atoms with Gasteiger partial charge in [-0.2, -0.15) is 5.10 Å². The van der Waals surface area contributed by atoms with E-state index in [9.17, 15) is 9.59 Å². The topological polar surface area (TPSA) is 67.2 Å². The number of rotatable bonds is 4. The summed E-state index contributed by atoms with van der Waals surface area (Å²) in [7, 11) is 0. The number of aromatic nitrogens is 2. The van der Waals surface area contributed by atoms with Crippen LogP contribution in [0.5, 0.6) is 0 Å². The zero-order valence-electron chi connectivity index (χ0n) is 16.7. The summed E-state index contributed by atoms with van der Waals surface area (Å²) in [5, 5.41) is 9.75. The molecule has 0 saturated carbocycles. The standard InChI is InChI=1S/C21H22Cl2N4O2S/c1-12-17-10-19(20(29)26-7-5-16(6-8-26)24-13(2)28)30-21(17)27(25-12)11-14-3-4-15(22)9-18(14)23/h3-4,9-10,16H,5-8,11H2,1-2H3,(H,24,28). The first-order valence-corrected chi connectivity index (χ1v) is 11.4. The van der Waals surface area contributed by atoms with Gasteiger partial charge in [-0.05, 0) is 43.5 Å². The van der Waals surface area contributed by atoms with Gasteiger partial charge < -0.3 is 10.2 Å². The van der Waals surface area contributed by atoms with Crippen LogP contribution < -0.4 is 5.32 Å². The van der Waals surface area contributed by atoms with Crippen LogP contribution in [-0.2, 0) is 11.3 Å². The van der Waals surface area contributed by atoms with Crippen molar-refractivity contribution in [1.29, 1.82) is 0 Å². The molecule has 1 fully saturated rings. The Hall–Kier alpha value is -2.09. The molecule has 4 rings (SSSR count). The van der Waals surface area contributed by atoms with Crippen LogP contribution in [0, 0.1) is 6.92 Å². The van der Waals surface area contributed by atoms with E-state index in [1.165, 1.54) is 18.3 Å². The lowest BCUT2D eigenvalue weighted by Gasteiger charge is -2.31. The van der Waals surface area contributed by atoms with E-state index in [1.54, 1.807) is 6.07 Å². The van der Waals surface area contributed by atoms with Gasteiger partial charge in [-0.15, -0.1) is 11.3 Å². The molecule has 1 N–H and O–H groups in total. The van der Waals surface area contributed by atoms with E-state index in [1.807, 2.05) is 34.7 Å². The second-order valence-electron chi connectivity index (χ2n) is 7.58. The van der Waals surface area contributed by atoms with Gasteiger partial charge in [-0.25, -0.2) is 0 Å². The second kappa shape index (κ2) is 8.57. The van der Waals surface area contributed by atoms with Crippen molar-refractivity contribution in [2.75, 3.05) is 13.1 Å². The van der Waals surface area contributed by atoms with Crippen LogP contribution in [0.1, 0.15) is 40.7 Å². The maximum absolute atomic E-state index is 13.1. The molecule has 0 unspecified atom stereocenters. The summed E-state index contributed by atoms with van der Waals surface area (Å²) in [6, 6.07) is 7.51. The lowest BCUT2D eigenvalue weighted by molar-refractivity contribution is -0.119. The third-order valence-corrected chi connectivity index (χ3v) is 7.07. The molecule has 3 heterocycles. The minimum Gasteiger partial charge on any atom is -0.353 e. The number of piperidine rings is 1. The molecule has 0 aliphatic carbocycles. The van der Waals surface area contributed by atoms with Crippen LogP contribution in [0.25, 0.3) is 10.2 Å². The fraction of sp³-hybridized carbons (Fsp3) is 0.381. The van der Waals surface area contributed by atoms with Crippen molar-refractivity contribution >= 4 is 56.6 Å². The van der Waals surface area contributed by atoms with Crippen LogP contribution in [0.3, 0.4) is 0 Å². The molecule has 1 aliphatic rings. The molecule has 2 amide bonds. The Labute approximate surface area is 188 Å². The molecule has 30 heavy (non-hydrogen) atoms. The fourth-order valence-electron chi connectivity index (χ4n) is 3.81. The zero-order valence-corrected chi connectivity index (χ0v) is 19.1. The number of fused-ring (bicyclic) bond motifs is 1. The summed E-state index contributed by atoms with van der Waals surface area (Å²) < 4.78 is 1.89. The highest BCUT2D eigenvalue weighted by Gasteiger charge is 2.26. The van der Waals surface area contributed by atoms with E-state index in [-0.39, 0.29) is 17.9 Å². The Morgan fingerprint density at radius 2 is 1.97 bits per heavy atom. The monoisotopic (exact) mass is 464 g/mol. The minimum absolute atomic E-state index is 0.0231.